The van der Waals surface area contributed by atoms with E-state index < -0.39 is 42.9 Å². The lowest BCUT2D eigenvalue weighted by Gasteiger charge is -2.26. The van der Waals surface area contributed by atoms with Gasteiger partial charge in [0.1, 0.15) is 0 Å². The third-order valence-electron chi connectivity index (χ3n) is 3.54. The molecule has 1 amide bonds. The average molecular weight is 449 g/mol. The van der Waals surface area contributed by atoms with Crippen LogP contribution in [-0.2, 0) is 0 Å². The third-order valence-corrected chi connectivity index (χ3v) is 4.14. The molecule has 0 bridgehead atoms. The van der Waals surface area contributed by atoms with Gasteiger partial charge in [0.15, 0.2) is 5.75 Å². The molecule has 0 aliphatic carbocycles. The van der Waals surface area contributed by atoms with Crippen LogP contribution in [0.2, 0.25) is 0 Å². The van der Waals surface area contributed by atoms with E-state index in [0.29, 0.717) is 11.6 Å². The highest BCUT2D eigenvalue weighted by Crippen LogP contribution is 2.36. The number of hydrogen-bond acceptors (Lipinski definition) is 6. The second-order valence-electron chi connectivity index (χ2n) is 5.49. The molecule has 1 atom stereocenters. The van der Waals surface area contributed by atoms with E-state index in [1.165, 1.54) is 6.07 Å². The number of carbonyl (C=O) groups is 1. The van der Waals surface area contributed by atoms with Gasteiger partial charge in [-0.1, -0.05) is 53.0 Å². The molecular weight excluding hydrogens is 437 g/mol. The van der Waals surface area contributed by atoms with Gasteiger partial charge in [-0.05, 0) is 24.6 Å². The number of hydrogen-bond donors (Lipinski definition) is 1. The molecule has 0 heterocycles. The van der Waals surface area contributed by atoms with Crippen LogP contribution in [0.15, 0.2) is 42.5 Å². The zero-order chi connectivity index (χ0) is 21.1. The number of ether oxygens (including phenoxy) is 1. The zero-order valence-electron chi connectivity index (χ0n) is 14.1. The summed E-state index contributed by atoms with van der Waals surface area (Å²) in [6.07, 6.45) is -1.62. The standard InChI is InChI=1S/C16H12Cl3N3O6/c1-9-4-2-3-5-11(9)14(23)20-15(16(17,18)19)28-13-7-6-10(21(24)25)8-12(13)22(26)27/h2-8,15H,1H3,(H,20,23)/t15-/m1/s1. The van der Waals surface area contributed by atoms with Gasteiger partial charge in [0, 0.05) is 11.6 Å². The van der Waals surface area contributed by atoms with Crippen molar-refractivity contribution in [3.8, 4) is 5.75 Å². The Labute approximate surface area is 173 Å². The average Bonchev–Trinajstić information content (AvgIpc) is 2.60. The molecule has 0 spiro atoms. The van der Waals surface area contributed by atoms with Crippen molar-refractivity contribution >= 4 is 52.1 Å². The van der Waals surface area contributed by atoms with Crippen LogP contribution in [0.5, 0.6) is 5.75 Å². The Balaban J connectivity index is 2.36. The maximum absolute atomic E-state index is 12.5. The summed E-state index contributed by atoms with van der Waals surface area (Å²) in [5, 5.41) is 24.4. The SMILES string of the molecule is Cc1ccccc1C(=O)N[C@H](Oc1ccc([N+](=O)[O-])cc1[N+](=O)[O-])C(Cl)(Cl)Cl. The lowest BCUT2D eigenvalue weighted by atomic mass is 10.1. The Morgan fingerprint density at radius 2 is 1.75 bits per heavy atom. The van der Waals surface area contributed by atoms with Crippen LogP contribution in [0.25, 0.3) is 0 Å². The predicted molar refractivity (Wildman–Crippen MR) is 103 cm³/mol. The Bertz CT molecular complexity index is 932. The minimum absolute atomic E-state index is 0.281. The van der Waals surface area contributed by atoms with E-state index in [1.54, 1.807) is 25.1 Å². The summed E-state index contributed by atoms with van der Waals surface area (Å²) in [6, 6.07) is 9.27. The number of benzene rings is 2. The molecule has 148 valence electrons. The summed E-state index contributed by atoms with van der Waals surface area (Å²) in [6.45, 7) is 1.70. The number of alkyl halides is 3. The number of halogens is 3. The molecule has 2 aromatic carbocycles. The monoisotopic (exact) mass is 447 g/mol. The quantitative estimate of drug-likeness (QED) is 0.304. The van der Waals surface area contributed by atoms with Crippen molar-refractivity contribution in [1.29, 1.82) is 0 Å². The molecule has 0 aliphatic rings. The van der Waals surface area contributed by atoms with Crippen LogP contribution in [-0.4, -0.2) is 25.8 Å². The molecule has 0 aromatic heterocycles. The van der Waals surface area contributed by atoms with Gasteiger partial charge in [0.05, 0.1) is 15.9 Å². The second-order valence-corrected chi connectivity index (χ2v) is 7.86. The fourth-order valence-corrected chi connectivity index (χ4v) is 2.49. The highest BCUT2D eigenvalue weighted by Gasteiger charge is 2.38. The van der Waals surface area contributed by atoms with E-state index in [2.05, 4.69) is 5.32 Å². The van der Waals surface area contributed by atoms with Crippen molar-refractivity contribution in [2.75, 3.05) is 0 Å². The summed E-state index contributed by atoms with van der Waals surface area (Å²) < 4.78 is 3.15. The number of nitrogens with zero attached hydrogens (tertiary/aromatic N) is 2. The predicted octanol–water partition coefficient (Wildman–Crippen LogP) is 4.32. The van der Waals surface area contributed by atoms with Gasteiger partial charge in [-0.25, -0.2) is 0 Å². The first-order chi connectivity index (χ1) is 13.0. The summed E-state index contributed by atoms with van der Waals surface area (Å²) >= 11 is 17.5. The van der Waals surface area contributed by atoms with E-state index in [9.17, 15) is 25.0 Å². The van der Waals surface area contributed by atoms with Crippen molar-refractivity contribution in [1.82, 2.24) is 5.32 Å². The van der Waals surface area contributed by atoms with Crippen LogP contribution in [0, 0.1) is 27.2 Å². The van der Waals surface area contributed by atoms with Crippen molar-refractivity contribution in [3.63, 3.8) is 0 Å². The number of carbonyl (C=O) groups excluding carboxylic acids is 1. The molecule has 0 radical (unpaired) electrons. The van der Waals surface area contributed by atoms with Gasteiger partial charge in [-0.2, -0.15) is 0 Å². The smallest absolute Gasteiger partial charge is 0.317 e. The maximum Gasteiger partial charge on any atom is 0.317 e. The first kappa shape index (κ1) is 21.7. The molecular formula is C16H12Cl3N3O6. The largest absolute Gasteiger partial charge is 0.459 e. The summed E-state index contributed by atoms with van der Waals surface area (Å²) in [7, 11) is 0. The van der Waals surface area contributed by atoms with Gasteiger partial charge in [-0.3, -0.25) is 25.0 Å². The normalized spacial score (nSPS) is 12.1. The number of non-ortho nitro benzene ring substituents is 1. The number of nitrogens with one attached hydrogen (secondary N) is 1. The van der Waals surface area contributed by atoms with Crippen LogP contribution >= 0.6 is 34.8 Å². The van der Waals surface area contributed by atoms with E-state index in [0.717, 1.165) is 12.1 Å². The summed E-state index contributed by atoms with van der Waals surface area (Å²) in [5.41, 5.74) is -0.319. The molecule has 0 aliphatic heterocycles. The first-order valence-electron chi connectivity index (χ1n) is 7.53. The second kappa shape index (κ2) is 8.59. The zero-order valence-corrected chi connectivity index (χ0v) is 16.4. The van der Waals surface area contributed by atoms with Crippen LogP contribution in [0.4, 0.5) is 11.4 Å². The van der Waals surface area contributed by atoms with Gasteiger partial charge in [-0.15, -0.1) is 0 Å². The molecule has 9 nitrogen and oxygen atoms in total. The Hall–Kier alpha value is -2.62. The molecule has 0 saturated carbocycles. The van der Waals surface area contributed by atoms with E-state index in [-0.39, 0.29) is 5.56 Å². The highest BCUT2D eigenvalue weighted by molar-refractivity contribution is 6.68. The van der Waals surface area contributed by atoms with Crippen LogP contribution in [0.3, 0.4) is 0 Å². The van der Waals surface area contributed by atoms with Crippen LogP contribution in [0.1, 0.15) is 15.9 Å². The highest BCUT2D eigenvalue weighted by atomic mass is 35.6. The third kappa shape index (κ3) is 5.22. The fourth-order valence-electron chi connectivity index (χ4n) is 2.19. The number of nitro groups is 2. The Morgan fingerprint density at radius 3 is 2.29 bits per heavy atom. The number of rotatable bonds is 6. The lowest BCUT2D eigenvalue weighted by Crippen LogP contribution is -2.48. The first-order valence-corrected chi connectivity index (χ1v) is 8.67. The number of amides is 1. The minimum Gasteiger partial charge on any atom is -0.459 e. The molecule has 0 fully saturated rings. The fraction of sp³-hybridized carbons (Fsp3) is 0.188. The molecule has 1 N–H and O–H groups in total. The summed E-state index contributed by atoms with van der Waals surface area (Å²) in [4.78, 5) is 32.9. The van der Waals surface area contributed by atoms with Gasteiger partial charge < -0.3 is 10.1 Å². The van der Waals surface area contributed by atoms with Gasteiger partial charge >= 0.3 is 5.69 Å². The summed E-state index contributed by atoms with van der Waals surface area (Å²) in [5.74, 6) is -1.06. The molecule has 2 aromatic rings. The molecule has 0 saturated heterocycles. The lowest BCUT2D eigenvalue weighted by molar-refractivity contribution is -0.394. The van der Waals surface area contributed by atoms with Crippen molar-refractivity contribution in [2.45, 2.75) is 16.9 Å². The van der Waals surface area contributed by atoms with E-state index >= 15 is 0 Å². The van der Waals surface area contributed by atoms with E-state index in [4.69, 9.17) is 39.5 Å². The number of nitro benzene ring substituents is 2. The Kier molecular flexibility index (Phi) is 6.65. The van der Waals surface area contributed by atoms with Crippen LogP contribution < -0.4 is 10.1 Å². The van der Waals surface area contributed by atoms with Crippen molar-refractivity contribution in [2.24, 2.45) is 0 Å². The Morgan fingerprint density at radius 1 is 1.11 bits per heavy atom. The molecule has 0 unspecified atom stereocenters. The van der Waals surface area contributed by atoms with Crippen molar-refractivity contribution in [3.05, 3.63) is 73.8 Å². The maximum atomic E-state index is 12.5. The minimum atomic E-state index is -2.20. The molecule has 12 heteroatoms. The molecule has 2 rings (SSSR count). The number of aryl methyl sites for hydroxylation is 1. The van der Waals surface area contributed by atoms with Crippen molar-refractivity contribution < 1.29 is 19.4 Å². The van der Waals surface area contributed by atoms with Gasteiger partial charge in [0.2, 0.25) is 10.0 Å². The topological polar surface area (TPSA) is 125 Å². The van der Waals surface area contributed by atoms with Gasteiger partial charge in [0.25, 0.3) is 11.6 Å². The van der Waals surface area contributed by atoms with E-state index in [1.807, 2.05) is 0 Å². The molecule has 28 heavy (non-hydrogen) atoms.